The number of hydrogen-bond donors (Lipinski definition) is 1. The van der Waals surface area contributed by atoms with Gasteiger partial charge in [0.05, 0.1) is 5.69 Å². The Hall–Kier alpha value is -3.57. The number of allylic oxidation sites excluding steroid dienone is 7. The number of nitrogens with one attached hydrogen (secondary N) is 1. The van der Waals surface area contributed by atoms with E-state index in [1.807, 2.05) is 26.1 Å². The molecule has 0 saturated carbocycles. The number of imidazole rings is 1. The molecule has 0 fully saturated rings. The Bertz CT molecular complexity index is 1190. The number of aliphatic imine (C=N–C) groups is 2. The smallest absolute Gasteiger partial charge is 0.110 e. The second-order valence-corrected chi connectivity index (χ2v) is 9.95. The van der Waals surface area contributed by atoms with Crippen molar-refractivity contribution in [1.82, 2.24) is 14.9 Å². The molecule has 216 valence electrons. The fourth-order valence-electron chi connectivity index (χ4n) is 4.26. The second-order valence-electron chi connectivity index (χ2n) is 9.95. The van der Waals surface area contributed by atoms with Gasteiger partial charge in [0.1, 0.15) is 5.82 Å². The molecule has 2 rings (SSSR count). The van der Waals surface area contributed by atoms with Gasteiger partial charge in [0.25, 0.3) is 0 Å². The van der Waals surface area contributed by atoms with Gasteiger partial charge in [0.15, 0.2) is 0 Å². The van der Waals surface area contributed by atoms with E-state index in [1.54, 1.807) is 18.5 Å². The summed E-state index contributed by atoms with van der Waals surface area (Å²) in [5.74, 6) is 1.01. The molecule has 0 aliphatic carbocycles. The normalized spacial score (nSPS) is 12.5. The van der Waals surface area contributed by atoms with Crippen molar-refractivity contribution in [1.29, 1.82) is 0 Å². The first kappa shape index (κ1) is 34.5. The van der Waals surface area contributed by atoms with Gasteiger partial charge in [0, 0.05) is 42.9 Å². The molecule has 1 N–H and O–H groups in total. The van der Waals surface area contributed by atoms with E-state index in [0.717, 1.165) is 61.6 Å². The molecule has 0 radical (unpaired) electrons. The average Bonchev–Trinajstić information content (AvgIpc) is 3.31. The topological polar surface area (TPSA) is 56.6 Å². The Morgan fingerprint density at radius 1 is 1.15 bits per heavy atom. The molecule has 1 heterocycles. The number of nitrogens with zero attached hydrogens (tertiary/aromatic N) is 4. The summed E-state index contributed by atoms with van der Waals surface area (Å²) >= 11 is 0. The highest BCUT2D eigenvalue weighted by Gasteiger charge is 2.12. The van der Waals surface area contributed by atoms with Crippen LogP contribution in [0.25, 0.3) is 11.3 Å². The molecule has 0 atom stereocenters. The Morgan fingerprint density at radius 3 is 2.55 bits per heavy atom. The lowest BCUT2D eigenvalue weighted by atomic mass is 9.96. The number of benzene rings is 1. The Labute approximate surface area is 244 Å². The standard InChI is InChI=1S/C29H42N4.C6H9N/c1-8-13-24(16-12-20-33(6)7)15-10-11-17-28-31-23(4)29(32-28)26-18-19-27(22(3)30-5)25(21-26)14-9-2;1-3-5-7-6-4-2/h8,10-11,13,18-19,21H,1,9,12,14-17,20H2,2-7H3,(H,31,32);3-6H,1H2,2H3/b11-10-,24-13+,30-22?;6-4-,7-5?. The van der Waals surface area contributed by atoms with Crippen molar-refractivity contribution in [3.63, 3.8) is 0 Å². The molecule has 0 spiro atoms. The summed E-state index contributed by atoms with van der Waals surface area (Å²) in [5, 5.41) is 0. The monoisotopic (exact) mass is 541 g/mol. The van der Waals surface area contributed by atoms with Crippen molar-refractivity contribution < 1.29 is 0 Å². The van der Waals surface area contributed by atoms with Crippen molar-refractivity contribution in [2.75, 3.05) is 27.7 Å². The van der Waals surface area contributed by atoms with Crippen LogP contribution in [0.5, 0.6) is 0 Å². The third-order valence-corrected chi connectivity index (χ3v) is 6.30. The maximum Gasteiger partial charge on any atom is 0.110 e. The summed E-state index contributed by atoms with van der Waals surface area (Å²) in [4.78, 5) is 18.8. The van der Waals surface area contributed by atoms with Gasteiger partial charge in [-0.25, -0.2) is 4.98 Å². The summed E-state index contributed by atoms with van der Waals surface area (Å²) in [5.41, 5.74) is 8.43. The summed E-state index contributed by atoms with van der Waals surface area (Å²) < 4.78 is 0. The molecule has 1 aromatic carbocycles. The van der Waals surface area contributed by atoms with Crippen molar-refractivity contribution in [2.45, 2.75) is 66.2 Å². The highest BCUT2D eigenvalue weighted by molar-refractivity contribution is 6.00. The fraction of sp³-hybridized carbons (Fsp3) is 0.400. The zero-order valence-electron chi connectivity index (χ0n) is 26.0. The molecule has 0 aliphatic heterocycles. The number of hydrogen-bond acceptors (Lipinski definition) is 4. The molecule has 0 unspecified atom stereocenters. The van der Waals surface area contributed by atoms with Crippen molar-refractivity contribution in [2.24, 2.45) is 9.98 Å². The molecule has 0 amide bonds. The van der Waals surface area contributed by atoms with Crippen LogP contribution >= 0.6 is 0 Å². The molecular formula is C35H51N5. The lowest BCUT2D eigenvalue weighted by Gasteiger charge is -2.10. The van der Waals surface area contributed by atoms with Crippen LogP contribution in [0.4, 0.5) is 0 Å². The summed E-state index contributed by atoms with van der Waals surface area (Å²) in [6.45, 7) is 16.7. The van der Waals surface area contributed by atoms with Crippen LogP contribution in [-0.4, -0.2) is 54.5 Å². The fourth-order valence-corrected chi connectivity index (χ4v) is 4.26. The summed E-state index contributed by atoms with van der Waals surface area (Å²) in [6.07, 6.45) is 21.6. The van der Waals surface area contributed by atoms with E-state index in [4.69, 9.17) is 4.98 Å². The third kappa shape index (κ3) is 13.0. The first-order chi connectivity index (χ1) is 19.3. The number of aromatic amines is 1. The highest BCUT2D eigenvalue weighted by Crippen LogP contribution is 2.26. The SMILES string of the molecule is C=C/C=C(\C/C=C\Cc1nc(-c2ccc(C(C)=NC)c(CCC)c2)c(C)[nH]1)CCCN(C)C.C=CC=N/C=C\C. The van der Waals surface area contributed by atoms with Crippen LogP contribution in [-0.2, 0) is 12.8 Å². The van der Waals surface area contributed by atoms with Gasteiger partial charge in [-0.15, -0.1) is 0 Å². The number of aryl methyl sites for hydroxylation is 2. The minimum atomic E-state index is 0.807. The predicted molar refractivity (Wildman–Crippen MR) is 178 cm³/mol. The Balaban J connectivity index is 0.00000101. The van der Waals surface area contributed by atoms with E-state index in [9.17, 15) is 0 Å². The van der Waals surface area contributed by atoms with Gasteiger partial charge < -0.3 is 9.88 Å². The zero-order chi connectivity index (χ0) is 29.8. The molecule has 0 bridgehead atoms. The summed E-state index contributed by atoms with van der Waals surface area (Å²) in [6, 6.07) is 6.66. The third-order valence-electron chi connectivity index (χ3n) is 6.30. The van der Waals surface area contributed by atoms with E-state index in [0.29, 0.717) is 0 Å². The quantitative estimate of drug-likeness (QED) is 0.140. The van der Waals surface area contributed by atoms with Crippen molar-refractivity contribution in [3.05, 3.63) is 102 Å². The Kier molecular flexibility index (Phi) is 17.5. The summed E-state index contributed by atoms with van der Waals surface area (Å²) in [7, 11) is 6.10. The van der Waals surface area contributed by atoms with Crippen molar-refractivity contribution in [3.8, 4) is 11.3 Å². The first-order valence-corrected chi connectivity index (χ1v) is 14.3. The van der Waals surface area contributed by atoms with Crippen LogP contribution in [0.15, 0.2) is 89.6 Å². The number of rotatable bonds is 15. The van der Waals surface area contributed by atoms with Gasteiger partial charge in [-0.1, -0.05) is 80.7 Å². The van der Waals surface area contributed by atoms with Gasteiger partial charge in [0.2, 0.25) is 0 Å². The molecular weight excluding hydrogens is 490 g/mol. The Morgan fingerprint density at radius 2 is 1.93 bits per heavy atom. The largest absolute Gasteiger partial charge is 0.345 e. The van der Waals surface area contributed by atoms with E-state index in [1.165, 1.54) is 28.7 Å². The van der Waals surface area contributed by atoms with E-state index >= 15 is 0 Å². The zero-order valence-corrected chi connectivity index (χ0v) is 26.0. The van der Waals surface area contributed by atoms with E-state index in [-0.39, 0.29) is 0 Å². The lowest BCUT2D eigenvalue weighted by Crippen LogP contribution is -2.12. The van der Waals surface area contributed by atoms with Crippen LogP contribution < -0.4 is 0 Å². The second kappa shape index (κ2) is 20.3. The number of H-pyrrole nitrogens is 1. The highest BCUT2D eigenvalue weighted by atomic mass is 15.0. The maximum absolute atomic E-state index is 4.92. The average molecular weight is 542 g/mol. The molecule has 2 aromatic rings. The van der Waals surface area contributed by atoms with Crippen LogP contribution in [0.1, 0.15) is 69.1 Å². The predicted octanol–water partition coefficient (Wildman–Crippen LogP) is 8.50. The number of aromatic nitrogens is 2. The molecule has 0 saturated heterocycles. The molecule has 0 aliphatic rings. The molecule has 5 heteroatoms. The van der Waals surface area contributed by atoms with Gasteiger partial charge >= 0.3 is 0 Å². The molecule has 5 nitrogen and oxygen atoms in total. The minimum Gasteiger partial charge on any atom is -0.345 e. The van der Waals surface area contributed by atoms with E-state index < -0.39 is 0 Å². The van der Waals surface area contributed by atoms with Gasteiger partial charge in [-0.3, -0.25) is 9.98 Å². The van der Waals surface area contributed by atoms with Gasteiger partial charge in [-0.05, 0) is 84.3 Å². The first-order valence-electron chi connectivity index (χ1n) is 14.3. The van der Waals surface area contributed by atoms with Gasteiger partial charge in [-0.2, -0.15) is 0 Å². The molecule has 40 heavy (non-hydrogen) atoms. The van der Waals surface area contributed by atoms with E-state index in [2.05, 4.69) is 104 Å². The maximum atomic E-state index is 4.92. The van der Waals surface area contributed by atoms with Crippen LogP contribution in [0.3, 0.4) is 0 Å². The minimum absolute atomic E-state index is 0.807. The van der Waals surface area contributed by atoms with Crippen LogP contribution in [0, 0.1) is 6.92 Å². The lowest BCUT2D eigenvalue weighted by molar-refractivity contribution is 0.399. The van der Waals surface area contributed by atoms with Crippen LogP contribution in [0.2, 0.25) is 0 Å². The van der Waals surface area contributed by atoms with Crippen molar-refractivity contribution >= 4 is 11.9 Å². The molecule has 1 aromatic heterocycles.